The predicted octanol–water partition coefficient (Wildman–Crippen LogP) is 3.86. The Hall–Kier alpha value is -3.47. The summed E-state index contributed by atoms with van der Waals surface area (Å²) in [5.41, 5.74) is 5.37. The van der Waals surface area contributed by atoms with E-state index in [1.165, 1.54) is 5.56 Å². The van der Waals surface area contributed by atoms with Crippen molar-refractivity contribution in [3.8, 4) is 11.3 Å². The van der Waals surface area contributed by atoms with Crippen LogP contribution in [0.15, 0.2) is 67.0 Å². The fourth-order valence-electron chi connectivity index (χ4n) is 2.94. The molecule has 0 radical (unpaired) electrons. The Bertz CT molecular complexity index is 1050. The number of pyridine rings is 1. The Balaban J connectivity index is 1.61. The van der Waals surface area contributed by atoms with Crippen molar-refractivity contribution in [2.24, 2.45) is 0 Å². The first-order valence-corrected chi connectivity index (χ1v) is 8.43. The lowest BCUT2D eigenvalue weighted by Crippen LogP contribution is -2.23. The van der Waals surface area contributed by atoms with Crippen LogP contribution in [-0.4, -0.2) is 21.1 Å². The van der Waals surface area contributed by atoms with Crippen LogP contribution in [0.1, 0.15) is 21.5 Å². The van der Waals surface area contributed by atoms with Gasteiger partial charge in [0.1, 0.15) is 5.69 Å². The highest BCUT2D eigenvalue weighted by molar-refractivity contribution is 6.08. The van der Waals surface area contributed by atoms with Gasteiger partial charge in [0, 0.05) is 29.9 Å². The van der Waals surface area contributed by atoms with Gasteiger partial charge in [-0.25, -0.2) is 0 Å². The first-order valence-electron chi connectivity index (χ1n) is 8.43. The molecule has 0 fully saturated rings. The molecule has 128 valence electrons. The van der Waals surface area contributed by atoms with E-state index in [4.69, 9.17) is 0 Å². The smallest absolute Gasteiger partial charge is 0.253 e. The number of hydrogen-bond donors (Lipinski definition) is 2. The quantitative estimate of drug-likeness (QED) is 0.591. The van der Waals surface area contributed by atoms with E-state index in [2.05, 4.69) is 20.5 Å². The van der Waals surface area contributed by atoms with Gasteiger partial charge >= 0.3 is 0 Å². The van der Waals surface area contributed by atoms with E-state index in [0.717, 1.165) is 27.7 Å². The molecule has 0 bridgehead atoms. The number of aromatic amines is 1. The number of hydrogen-bond acceptors (Lipinski definition) is 3. The molecule has 5 nitrogen and oxygen atoms in total. The average molecular weight is 342 g/mol. The minimum absolute atomic E-state index is 0.124. The van der Waals surface area contributed by atoms with E-state index >= 15 is 0 Å². The van der Waals surface area contributed by atoms with Gasteiger partial charge in [0.25, 0.3) is 5.91 Å². The number of benzene rings is 2. The zero-order valence-electron chi connectivity index (χ0n) is 14.4. The Morgan fingerprint density at radius 2 is 1.81 bits per heavy atom. The predicted molar refractivity (Wildman–Crippen MR) is 102 cm³/mol. The third kappa shape index (κ3) is 3.07. The van der Waals surface area contributed by atoms with Crippen molar-refractivity contribution in [1.82, 2.24) is 20.5 Å². The Morgan fingerprint density at radius 3 is 2.58 bits per heavy atom. The minimum Gasteiger partial charge on any atom is -0.348 e. The van der Waals surface area contributed by atoms with Gasteiger partial charge in [-0.15, -0.1) is 0 Å². The number of nitrogens with one attached hydrogen (secondary N) is 2. The Kier molecular flexibility index (Phi) is 4.19. The fraction of sp³-hybridized carbons (Fsp3) is 0.0952. The van der Waals surface area contributed by atoms with E-state index < -0.39 is 0 Å². The molecule has 4 aromatic rings. The molecule has 2 N–H and O–H groups in total. The van der Waals surface area contributed by atoms with Crippen LogP contribution in [0.4, 0.5) is 0 Å². The summed E-state index contributed by atoms with van der Waals surface area (Å²) in [4.78, 5) is 16.7. The topological polar surface area (TPSA) is 70.7 Å². The van der Waals surface area contributed by atoms with Gasteiger partial charge in [-0.2, -0.15) is 5.10 Å². The van der Waals surface area contributed by atoms with Gasteiger partial charge in [0.15, 0.2) is 0 Å². The van der Waals surface area contributed by atoms with E-state index in [-0.39, 0.29) is 5.91 Å². The normalized spacial score (nSPS) is 10.8. The van der Waals surface area contributed by atoms with Crippen molar-refractivity contribution in [2.75, 3.05) is 0 Å². The Morgan fingerprint density at radius 1 is 1.04 bits per heavy atom. The number of aromatic nitrogens is 3. The van der Waals surface area contributed by atoms with Gasteiger partial charge in [-0.3, -0.25) is 14.9 Å². The number of carbonyl (C=O) groups excluding carboxylic acids is 1. The summed E-state index contributed by atoms with van der Waals surface area (Å²) in [6.45, 7) is 2.53. The van der Waals surface area contributed by atoms with Crippen LogP contribution in [0.3, 0.4) is 0 Å². The maximum atomic E-state index is 12.7. The van der Waals surface area contributed by atoms with Gasteiger partial charge < -0.3 is 5.32 Å². The third-order valence-electron chi connectivity index (χ3n) is 4.37. The van der Waals surface area contributed by atoms with E-state index in [1.54, 1.807) is 18.5 Å². The molecule has 26 heavy (non-hydrogen) atoms. The van der Waals surface area contributed by atoms with Crippen molar-refractivity contribution in [1.29, 1.82) is 0 Å². The van der Waals surface area contributed by atoms with Crippen LogP contribution < -0.4 is 5.32 Å². The molecule has 0 aliphatic rings. The summed E-state index contributed by atoms with van der Waals surface area (Å²) in [5.74, 6) is -0.124. The first-order chi connectivity index (χ1) is 12.7. The summed E-state index contributed by atoms with van der Waals surface area (Å²) in [6, 6.07) is 17.6. The van der Waals surface area contributed by atoms with E-state index in [0.29, 0.717) is 12.1 Å². The van der Waals surface area contributed by atoms with Crippen LogP contribution in [0.5, 0.6) is 0 Å². The highest BCUT2D eigenvalue weighted by Crippen LogP contribution is 2.27. The summed E-state index contributed by atoms with van der Waals surface area (Å²) in [7, 11) is 0. The summed E-state index contributed by atoms with van der Waals surface area (Å²) in [6.07, 6.45) is 3.46. The molecule has 2 aromatic heterocycles. The van der Waals surface area contributed by atoms with Gasteiger partial charge in [-0.1, -0.05) is 42.0 Å². The maximum absolute atomic E-state index is 12.7. The summed E-state index contributed by atoms with van der Waals surface area (Å²) in [5, 5.41) is 11.3. The van der Waals surface area contributed by atoms with Crippen molar-refractivity contribution >= 4 is 16.8 Å². The van der Waals surface area contributed by atoms with E-state index in [9.17, 15) is 4.79 Å². The number of rotatable bonds is 4. The van der Waals surface area contributed by atoms with Crippen LogP contribution in [-0.2, 0) is 6.54 Å². The molecule has 4 rings (SSSR count). The lowest BCUT2D eigenvalue weighted by Gasteiger charge is -2.07. The third-order valence-corrected chi connectivity index (χ3v) is 4.37. The number of amides is 1. The molecule has 1 amide bonds. The van der Waals surface area contributed by atoms with Crippen LogP contribution >= 0.6 is 0 Å². The van der Waals surface area contributed by atoms with Crippen LogP contribution in [0.25, 0.3) is 22.2 Å². The first kappa shape index (κ1) is 16.0. The molecule has 0 saturated carbocycles. The highest BCUT2D eigenvalue weighted by Gasteiger charge is 2.15. The zero-order valence-corrected chi connectivity index (χ0v) is 14.4. The molecule has 0 unspecified atom stereocenters. The second-order valence-electron chi connectivity index (χ2n) is 6.20. The minimum atomic E-state index is -0.124. The zero-order chi connectivity index (χ0) is 17.9. The average Bonchev–Trinajstić information content (AvgIpc) is 3.12. The number of H-pyrrole nitrogens is 1. The molecule has 2 heterocycles. The molecule has 5 heteroatoms. The molecule has 0 atom stereocenters. The maximum Gasteiger partial charge on any atom is 0.253 e. The van der Waals surface area contributed by atoms with Crippen molar-refractivity contribution in [2.45, 2.75) is 13.5 Å². The molecule has 0 aliphatic heterocycles. The summed E-state index contributed by atoms with van der Waals surface area (Å²) >= 11 is 0. The Labute approximate surface area is 151 Å². The number of para-hydroxylation sites is 1. The lowest BCUT2D eigenvalue weighted by atomic mass is 10.1. The van der Waals surface area contributed by atoms with Crippen molar-refractivity contribution in [3.05, 3.63) is 83.7 Å². The monoisotopic (exact) mass is 342 g/mol. The van der Waals surface area contributed by atoms with Gasteiger partial charge in [0.2, 0.25) is 0 Å². The number of carbonyl (C=O) groups is 1. The summed E-state index contributed by atoms with van der Waals surface area (Å²) < 4.78 is 0. The van der Waals surface area contributed by atoms with Gasteiger partial charge in [0.05, 0.1) is 11.1 Å². The second-order valence-corrected chi connectivity index (χ2v) is 6.20. The molecular formula is C21H18N4O. The van der Waals surface area contributed by atoms with Crippen molar-refractivity contribution in [3.63, 3.8) is 0 Å². The molecular weight excluding hydrogens is 324 g/mol. The van der Waals surface area contributed by atoms with E-state index in [1.807, 2.05) is 55.5 Å². The second kappa shape index (κ2) is 6.80. The molecule has 0 aliphatic carbocycles. The van der Waals surface area contributed by atoms with Gasteiger partial charge in [-0.05, 0) is 30.7 Å². The van der Waals surface area contributed by atoms with Crippen LogP contribution in [0, 0.1) is 6.92 Å². The number of fused-ring (bicyclic) bond motifs is 1. The number of aryl methyl sites for hydroxylation is 1. The van der Waals surface area contributed by atoms with Crippen molar-refractivity contribution < 1.29 is 4.79 Å². The molecule has 0 spiro atoms. The SMILES string of the molecule is Cc1ccc(CNC(=O)c2cccc3c(-c4ccncc4)n[nH]c23)cc1. The lowest BCUT2D eigenvalue weighted by molar-refractivity contribution is 0.0952. The fourth-order valence-corrected chi connectivity index (χ4v) is 2.94. The largest absolute Gasteiger partial charge is 0.348 e. The highest BCUT2D eigenvalue weighted by atomic mass is 16.1. The molecule has 2 aromatic carbocycles. The molecule has 0 saturated heterocycles. The standard InChI is InChI=1S/C21H18N4O/c1-14-5-7-15(8-6-14)13-23-21(26)18-4-2-3-17-19(24-25-20(17)18)16-9-11-22-12-10-16/h2-12H,13H2,1H3,(H,23,26)(H,24,25). The number of nitrogens with zero attached hydrogens (tertiary/aromatic N) is 2. The van der Waals surface area contributed by atoms with Crippen LogP contribution in [0.2, 0.25) is 0 Å².